The van der Waals surface area contributed by atoms with Crippen LogP contribution in [0.4, 0.5) is 0 Å². The summed E-state index contributed by atoms with van der Waals surface area (Å²) < 4.78 is 1.44. The average molecular weight is 216 g/mol. The van der Waals surface area contributed by atoms with E-state index in [4.69, 9.17) is 5.11 Å². The molecular weight excluding hydrogens is 208 g/mol. The lowest BCUT2D eigenvalue weighted by Crippen LogP contribution is -1.95. The summed E-state index contributed by atoms with van der Waals surface area (Å²) in [6.07, 6.45) is 3.43. The Kier molecular flexibility index (Phi) is 2.51. The molecule has 0 atom stereocenters. The first kappa shape index (κ1) is 10.1. The molecule has 1 aromatic carbocycles. The zero-order valence-electron chi connectivity index (χ0n) is 8.20. The van der Waals surface area contributed by atoms with Gasteiger partial charge < -0.3 is 5.11 Å². The number of carbonyl (C=O) groups is 2. The largest absolute Gasteiger partial charge is 0.478 e. The minimum atomic E-state index is -1.02. The summed E-state index contributed by atoms with van der Waals surface area (Å²) in [6.45, 7) is 0. The van der Waals surface area contributed by atoms with E-state index in [1.165, 1.54) is 17.1 Å². The van der Waals surface area contributed by atoms with E-state index in [0.717, 1.165) is 6.29 Å². The predicted octanol–water partition coefficient (Wildman–Crippen LogP) is 1.38. The molecule has 2 aromatic rings. The van der Waals surface area contributed by atoms with E-state index in [0.29, 0.717) is 11.3 Å². The molecule has 0 unspecified atom stereocenters. The van der Waals surface area contributed by atoms with Crippen LogP contribution in [0.15, 0.2) is 36.7 Å². The summed E-state index contributed by atoms with van der Waals surface area (Å²) in [5.41, 5.74) is 1.40. The lowest BCUT2D eigenvalue weighted by atomic mass is 10.2. The van der Waals surface area contributed by atoms with Crippen molar-refractivity contribution in [3.63, 3.8) is 0 Å². The van der Waals surface area contributed by atoms with E-state index in [1.54, 1.807) is 24.3 Å². The van der Waals surface area contributed by atoms with Crippen molar-refractivity contribution in [1.29, 1.82) is 0 Å². The van der Waals surface area contributed by atoms with E-state index in [9.17, 15) is 9.59 Å². The Bertz CT molecular complexity index is 528. The topological polar surface area (TPSA) is 72.2 Å². The Labute approximate surface area is 90.9 Å². The molecule has 0 aliphatic rings. The summed E-state index contributed by atoms with van der Waals surface area (Å²) in [5.74, 6) is -1.02. The fraction of sp³-hybridized carbons (Fsp3) is 0. The molecule has 5 heteroatoms. The molecule has 16 heavy (non-hydrogen) atoms. The summed E-state index contributed by atoms with van der Waals surface area (Å²) in [5, 5.41) is 12.6. The zero-order valence-corrected chi connectivity index (χ0v) is 8.20. The van der Waals surface area contributed by atoms with Crippen LogP contribution in [0.25, 0.3) is 5.69 Å². The quantitative estimate of drug-likeness (QED) is 0.787. The molecular formula is C11H8N2O3. The number of carboxylic acids is 1. The van der Waals surface area contributed by atoms with Gasteiger partial charge in [0.2, 0.25) is 0 Å². The second-order valence-electron chi connectivity index (χ2n) is 3.19. The number of aromatic nitrogens is 2. The van der Waals surface area contributed by atoms with Crippen molar-refractivity contribution in [1.82, 2.24) is 9.78 Å². The van der Waals surface area contributed by atoms with Crippen LogP contribution in [-0.2, 0) is 0 Å². The second kappa shape index (κ2) is 3.98. The second-order valence-corrected chi connectivity index (χ2v) is 3.19. The van der Waals surface area contributed by atoms with Crippen molar-refractivity contribution in [2.45, 2.75) is 0 Å². The fourth-order valence-electron chi connectivity index (χ4n) is 1.28. The van der Waals surface area contributed by atoms with Gasteiger partial charge in [-0.15, -0.1) is 0 Å². The maximum atomic E-state index is 10.6. The number of aromatic carboxylic acids is 1. The van der Waals surface area contributed by atoms with Gasteiger partial charge in [-0.05, 0) is 24.3 Å². The normalized spacial score (nSPS) is 10.0. The summed E-state index contributed by atoms with van der Waals surface area (Å²) in [7, 11) is 0. The first-order valence-corrected chi connectivity index (χ1v) is 4.54. The average Bonchev–Trinajstić information content (AvgIpc) is 2.78. The molecule has 0 amide bonds. The molecule has 0 bridgehead atoms. The van der Waals surface area contributed by atoms with Gasteiger partial charge in [0.25, 0.3) is 0 Å². The van der Waals surface area contributed by atoms with Crippen LogP contribution < -0.4 is 0 Å². The van der Waals surface area contributed by atoms with E-state index in [-0.39, 0.29) is 5.56 Å². The van der Waals surface area contributed by atoms with Crippen molar-refractivity contribution >= 4 is 12.3 Å². The van der Waals surface area contributed by atoms with Gasteiger partial charge in [-0.2, -0.15) is 5.10 Å². The summed E-state index contributed by atoms with van der Waals surface area (Å²) >= 11 is 0. The van der Waals surface area contributed by atoms with E-state index in [2.05, 4.69) is 5.10 Å². The van der Waals surface area contributed by atoms with Crippen LogP contribution >= 0.6 is 0 Å². The van der Waals surface area contributed by atoms with Crippen LogP contribution in [-0.4, -0.2) is 27.1 Å². The number of benzene rings is 1. The lowest BCUT2D eigenvalue weighted by molar-refractivity contribution is 0.0696. The molecule has 5 nitrogen and oxygen atoms in total. The summed E-state index contributed by atoms with van der Waals surface area (Å²) in [6, 6.07) is 6.68. The zero-order chi connectivity index (χ0) is 11.5. The number of nitrogens with zero attached hydrogens (tertiary/aromatic N) is 2. The van der Waals surface area contributed by atoms with Gasteiger partial charge in [0.1, 0.15) is 6.29 Å². The number of carbonyl (C=O) groups excluding carboxylic acids is 1. The van der Waals surface area contributed by atoms with Gasteiger partial charge in [-0.25, -0.2) is 9.48 Å². The van der Waals surface area contributed by atoms with Crippen LogP contribution in [0.5, 0.6) is 0 Å². The molecule has 0 aliphatic heterocycles. The SMILES string of the molecule is O=Cc1ccc(-n2cc(C(=O)O)cn2)cc1. The Morgan fingerprint density at radius 3 is 2.50 bits per heavy atom. The number of carboxylic acid groups (broad SMARTS) is 1. The maximum Gasteiger partial charge on any atom is 0.338 e. The van der Waals surface area contributed by atoms with Crippen molar-refractivity contribution in [3.8, 4) is 5.69 Å². The molecule has 2 rings (SSSR count). The van der Waals surface area contributed by atoms with Gasteiger partial charge in [0.05, 0.1) is 17.4 Å². The van der Waals surface area contributed by atoms with E-state index < -0.39 is 5.97 Å². The van der Waals surface area contributed by atoms with Crippen LogP contribution in [0.1, 0.15) is 20.7 Å². The first-order valence-electron chi connectivity index (χ1n) is 4.54. The van der Waals surface area contributed by atoms with Crippen molar-refractivity contribution in [2.24, 2.45) is 0 Å². The van der Waals surface area contributed by atoms with Crippen LogP contribution in [0.3, 0.4) is 0 Å². The minimum absolute atomic E-state index is 0.125. The van der Waals surface area contributed by atoms with Gasteiger partial charge in [0.15, 0.2) is 0 Å². The molecule has 0 spiro atoms. The predicted molar refractivity (Wildman–Crippen MR) is 55.9 cm³/mol. The highest BCUT2D eigenvalue weighted by atomic mass is 16.4. The Balaban J connectivity index is 2.35. The van der Waals surface area contributed by atoms with E-state index in [1.807, 2.05) is 0 Å². The minimum Gasteiger partial charge on any atom is -0.478 e. The van der Waals surface area contributed by atoms with Gasteiger partial charge >= 0.3 is 5.97 Å². The van der Waals surface area contributed by atoms with Crippen molar-refractivity contribution < 1.29 is 14.7 Å². The summed E-state index contributed by atoms with van der Waals surface area (Å²) in [4.78, 5) is 21.1. The third-order valence-electron chi connectivity index (χ3n) is 2.12. The fourth-order valence-corrected chi connectivity index (χ4v) is 1.28. The van der Waals surface area contributed by atoms with Crippen molar-refractivity contribution in [2.75, 3.05) is 0 Å². The van der Waals surface area contributed by atoms with Gasteiger partial charge in [-0.3, -0.25) is 4.79 Å². The van der Waals surface area contributed by atoms with Crippen LogP contribution in [0.2, 0.25) is 0 Å². The Morgan fingerprint density at radius 1 is 1.31 bits per heavy atom. The molecule has 0 saturated heterocycles. The first-order chi connectivity index (χ1) is 7.70. The molecule has 0 fully saturated rings. The molecule has 0 radical (unpaired) electrons. The molecule has 1 heterocycles. The maximum absolute atomic E-state index is 10.6. The van der Waals surface area contributed by atoms with Gasteiger partial charge in [0, 0.05) is 11.8 Å². The smallest absolute Gasteiger partial charge is 0.338 e. The Hall–Kier alpha value is -2.43. The number of rotatable bonds is 3. The Morgan fingerprint density at radius 2 is 2.00 bits per heavy atom. The molecule has 0 saturated carbocycles. The number of aldehydes is 1. The highest BCUT2D eigenvalue weighted by molar-refractivity contribution is 5.87. The van der Waals surface area contributed by atoms with Gasteiger partial charge in [-0.1, -0.05) is 0 Å². The number of hydrogen-bond acceptors (Lipinski definition) is 3. The molecule has 0 aliphatic carbocycles. The third-order valence-corrected chi connectivity index (χ3v) is 2.12. The van der Waals surface area contributed by atoms with Crippen LogP contribution in [0, 0.1) is 0 Å². The molecule has 1 N–H and O–H groups in total. The van der Waals surface area contributed by atoms with E-state index >= 15 is 0 Å². The highest BCUT2D eigenvalue weighted by Crippen LogP contribution is 2.09. The monoisotopic (exact) mass is 216 g/mol. The number of hydrogen-bond donors (Lipinski definition) is 1. The lowest BCUT2D eigenvalue weighted by Gasteiger charge is -2.00. The molecule has 1 aromatic heterocycles. The standard InChI is InChI=1S/C11H8N2O3/c14-7-8-1-3-10(4-2-8)13-6-9(5-12-13)11(15)16/h1-7H,(H,15,16). The highest BCUT2D eigenvalue weighted by Gasteiger charge is 2.06. The van der Waals surface area contributed by atoms with Crippen molar-refractivity contribution in [3.05, 3.63) is 47.8 Å². The molecule has 80 valence electrons. The third kappa shape index (κ3) is 1.83.